The van der Waals surface area contributed by atoms with Crippen LogP contribution in [-0.2, 0) is 0 Å². The largest absolute Gasteiger partial charge is 0.238 e. The Labute approximate surface area is 77.3 Å². The van der Waals surface area contributed by atoms with E-state index in [0.29, 0.717) is 18.2 Å². The van der Waals surface area contributed by atoms with Crippen LogP contribution in [0.4, 0.5) is 8.78 Å². The Morgan fingerprint density at radius 2 is 2.17 bits per heavy atom. The molecule has 0 spiro atoms. The first-order valence-electron chi connectivity index (χ1n) is 4.45. The molecule has 1 saturated carbocycles. The van der Waals surface area contributed by atoms with Crippen molar-refractivity contribution in [2.45, 2.75) is 39.0 Å². The van der Waals surface area contributed by atoms with Gasteiger partial charge in [-0.1, -0.05) is 6.92 Å². The molecule has 1 aliphatic carbocycles. The molecule has 0 radical (unpaired) electrons. The van der Waals surface area contributed by atoms with Crippen molar-refractivity contribution < 1.29 is 8.78 Å². The van der Waals surface area contributed by atoms with E-state index in [2.05, 4.69) is 6.92 Å². The smallest absolute Gasteiger partial charge is 0.211 e. The summed E-state index contributed by atoms with van der Waals surface area (Å²) in [7, 11) is 0. The van der Waals surface area contributed by atoms with Gasteiger partial charge in [0, 0.05) is 12.3 Å². The van der Waals surface area contributed by atoms with Gasteiger partial charge in [0.2, 0.25) is 6.43 Å². The van der Waals surface area contributed by atoms with Crippen molar-refractivity contribution in [3.8, 4) is 0 Å². The second-order valence-corrected chi connectivity index (χ2v) is 4.15. The van der Waals surface area contributed by atoms with Crippen molar-refractivity contribution in [1.29, 1.82) is 0 Å². The molecule has 0 nitrogen and oxygen atoms in total. The Kier molecular flexibility index (Phi) is 3.33. The fourth-order valence-corrected chi connectivity index (χ4v) is 2.27. The van der Waals surface area contributed by atoms with Crippen molar-refractivity contribution in [2.75, 3.05) is 5.88 Å². The predicted molar refractivity (Wildman–Crippen MR) is 46.8 cm³/mol. The van der Waals surface area contributed by atoms with Crippen LogP contribution in [0.15, 0.2) is 0 Å². The molecule has 0 heterocycles. The van der Waals surface area contributed by atoms with Crippen LogP contribution in [0.1, 0.15) is 32.6 Å². The summed E-state index contributed by atoms with van der Waals surface area (Å²) in [5, 5.41) is 0. The molecule has 0 saturated heterocycles. The zero-order valence-electron chi connectivity index (χ0n) is 7.32. The van der Waals surface area contributed by atoms with Crippen LogP contribution in [0.2, 0.25) is 0 Å². The van der Waals surface area contributed by atoms with Crippen LogP contribution < -0.4 is 0 Å². The Morgan fingerprint density at radius 3 is 2.50 bits per heavy atom. The summed E-state index contributed by atoms with van der Waals surface area (Å²) < 4.78 is 23.6. The lowest BCUT2D eigenvalue weighted by Gasteiger charge is -2.11. The average Bonchev–Trinajstić information content (AvgIpc) is 2.62. The van der Waals surface area contributed by atoms with Gasteiger partial charge < -0.3 is 0 Å². The molecule has 0 aromatic carbocycles. The summed E-state index contributed by atoms with van der Waals surface area (Å²) in [6.45, 7) is 2.14. The van der Waals surface area contributed by atoms with Crippen LogP contribution in [-0.4, -0.2) is 12.3 Å². The van der Waals surface area contributed by atoms with Crippen molar-refractivity contribution in [2.24, 2.45) is 11.3 Å². The van der Waals surface area contributed by atoms with Crippen molar-refractivity contribution >= 4 is 11.6 Å². The van der Waals surface area contributed by atoms with E-state index in [1.54, 1.807) is 0 Å². The Balaban J connectivity index is 2.14. The maximum atomic E-state index is 11.8. The monoisotopic (exact) mass is 196 g/mol. The topological polar surface area (TPSA) is 0 Å². The number of alkyl halides is 3. The average molecular weight is 197 g/mol. The molecule has 0 aliphatic heterocycles. The van der Waals surface area contributed by atoms with Gasteiger partial charge >= 0.3 is 0 Å². The third-order valence-electron chi connectivity index (χ3n) is 2.96. The number of rotatable bonds is 5. The Morgan fingerprint density at radius 1 is 1.58 bits per heavy atom. The van der Waals surface area contributed by atoms with Crippen LogP contribution in [0.25, 0.3) is 0 Å². The first-order valence-corrected chi connectivity index (χ1v) is 4.98. The van der Waals surface area contributed by atoms with E-state index in [4.69, 9.17) is 11.6 Å². The minimum absolute atomic E-state index is 0.0331. The third kappa shape index (κ3) is 2.32. The summed E-state index contributed by atoms with van der Waals surface area (Å²) in [6, 6.07) is 0. The van der Waals surface area contributed by atoms with Crippen LogP contribution in [0.5, 0.6) is 0 Å². The normalized spacial score (nSPS) is 34.2. The molecular formula is C9H15ClF2. The molecular weight excluding hydrogens is 182 g/mol. The molecule has 72 valence electrons. The summed E-state index contributed by atoms with van der Waals surface area (Å²) in [6.07, 6.45) is 0.508. The number of hydrogen-bond donors (Lipinski definition) is 0. The van der Waals surface area contributed by atoms with Gasteiger partial charge in [-0.05, 0) is 30.6 Å². The van der Waals surface area contributed by atoms with Crippen LogP contribution in [0, 0.1) is 11.3 Å². The second-order valence-electron chi connectivity index (χ2n) is 3.88. The quantitative estimate of drug-likeness (QED) is 0.589. The molecule has 1 fully saturated rings. The first-order chi connectivity index (χ1) is 5.60. The molecule has 12 heavy (non-hydrogen) atoms. The molecule has 0 N–H and O–H groups in total. The first kappa shape index (κ1) is 10.2. The summed E-state index contributed by atoms with van der Waals surface area (Å²) >= 11 is 5.78. The van der Waals surface area contributed by atoms with Crippen LogP contribution >= 0.6 is 11.6 Å². The van der Waals surface area contributed by atoms with E-state index in [1.807, 2.05) is 0 Å². The van der Waals surface area contributed by atoms with E-state index in [0.717, 1.165) is 12.8 Å². The van der Waals surface area contributed by atoms with Crippen molar-refractivity contribution in [3.63, 3.8) is 0 Å². The van der Waals surface area contributed by atoms with Crippen LogP contribution in [0.3, 0.4) is 0 Å². The molecule has 0 amide bonds. The van der Waals surface area contributed by atoms with Gasteiger partial charge in [0.1, 0.15) is 0 Å². The molecule has 2 atom stereocenters. The third-order valence-corrected chi connectivity index (χ3v) is 3.49. The summed E-state index contributed by atoms with van der Waals surface area (Å²) in [5.41, 5.74) is 0.219. The maximum Gasteiger partial charge on any atom is 0.238 e. The Bertz CT molecular complexity index is 145. The maximum absolute atomic E-state index is 11.8. The highest BCUT2D eigenvalue weighted by molar-refractivity contribution is 6.18. The summed E-state index contributed by atoms with van der Waals surface area (Å²) in [4.78, 5) is 0. The van der Waals surface area contributed by atoms with Gasteiger partial charge in [-0.2, -0.15) is 0 Å². The lowest BCUT2D eigenvalue weighted by molar-refractivity contribution is 0.131. The highest BCUT2D eigenvalue weighted by Crippen LogP contribution is 2.56. The lowest BCUT2D eigenvalue weighted by Crippen LogP contribution is -2.06. The molecule has 1 aliphatic rings. The second kappa shape index (κ2) is 3.91. The van der Waals surface area contributed by atoms with E-state index in [-0.39, 0.29) is 11.8 Å². The molecule has 2 unspecified atom stereocenters. The van der Waals surface area contributed by atoms with E-state index >= 15 is 0 Å². The zero-order chi connectivity index (χ0) is 9.19. The van der Waals surface area contributed by atoms with Crippen molar-refractivity contribution in [1.82, 2.24) is 0 Å². The fourth-order valence-electron chi connectivity index (χ4n) is 1.76. The lowest BCUT2D eigenvalue weighted by atomic mass is 9.99. The van der Waals surface area contributed by atoms with E-state index in [1.165, 1.54) is 0 Å². The van der Waals surface area contributed by atoms with Gasteiger partial charge in [0.15, 0.2) is 0 Å². The molecule has 0 aromatic heterocycles. The molecule has 0 bridgehead atoms. The number of hydrogen-bond acceptors (Lipinski definition) is 0. The minimum Gasteiger partial charge on any atom is -0.211 e. The number of halogens is 3. The van der Waals surface area contributed by atoms with Gasteiger partial charge in [0.25, 0.3) is 0 Å². The SMILES string of the molecule is CC1CC1(CCl)CCCC(F)F. The highest BCUT2D eigenvalue weighted by atomic mass is 35.5. The predicted octanol–water partition coefficient (Wildman–Crippen LogP) is 3.69. The summed E-state index contributed by atoms with van der Waals surface area (Å²) in [5.74, 6) is 1.28. The minimum atomic E-state index is -2.15. The standard InChI is InChI=1S/C9H15ClF2/c1-7-5-9(7,6-10)4-2-3-8(11)12/h7-8H,2-6H2,1H3. The van der Waals surface area contributed by atoms with Gasteiger partial charge in [-0.25, -0.2) is 8.78 Å². The Hall–Kier alpha value is 0.150. The van der Waals surface area contributed by atoms with Gasteiger partial charge in [0.05, 0.1) is 0 Å². The fraction of sp³-hybridized carbons (Fsp3) is 1.00. The molecule has 3 heteroatoms. The highest BCUT2D eigenvalue weighted by Gasteiger charge is 2.49. The molecule has 0 aromatic rings. The molecule has 1 rings (SSSR count). The van der Waals surface area contributed by atoms with E-state index in [9.17, 15) is 8.78 Å². The zero-order valence-corrected chi connectivity index (χ0v) is 8.08. The van der Waals surface area contributed by atoms with Crippen molar-refractivity contribution in [3.05, 3.63) is 0 Å². The van der Waals surface area contributed by atoms with E-state index < -0.39 is 6.43 Å². The van der Waals surface area contributed by atoms with Gasteiger partial charge in [-0.15, -0.1) is 11.6 Å². The van der Waals surface area contributed by atoms with Gasteiger partial charge in [-0.3, -0.25) is 0 Å².